The van der Waals surface area contributed by atoms with Crippen molar-refractivity contribution in [3.8, 4) is 34.5 Å². The predicted octanol–water partition coefficient (Wildman–Crippen LogP) is 15.8. The van der Waals surface area contributed by atoms with E-state index in [0.717, 1.165) is 17.4 Å². The molecule has 15 aromatic rings. The minimum Gasteiger partial charge on any atom is -0.507 e. The lowest BCUT2D eigenvalue weighted by atomic mass is 9.81. The van der Waals surface area contributed by atoms with E-state index in [9.17, 15) is 77.6 Å². The van der Waals surface area contributed by atoms with E-state index in [4.69, 9.17) is 90.0 Å². The Balaban J connectivity index is 0.000000119. The molecule has 0 saturated carbocycles. The average molecular weight is 1850 g/mol. The van der Waals surface area contributed by atoms with E-state index in [1.807, 2.05) is 78.9 Å². The SMILES string of the molecule is COc1cc(O)c2c(c1N)C(=O)c1ccccc1C2=O.NC(=O)c1cc(O)c2c(c1N)C(=O)c1ccccc1C2=O.Nc1c(Cl)c(Cl)c(N)c2c1C(=O)c1ccccc1C2=O.Nc1c(Oc2ccccc2)cc(O)c2c1C(=O)c1ccccc1C2=O.Nc1ccc(N)c2c1C(=O)c1c(N)ccc(N)c1C2=O.O=C1c2ccccc2C(=O)c2c(Nc3ccccc3)ccc(Nc3ccccc3)c21. The number of aromatic hydroxyl groups is 3. The Kier molecular flexibility index (Phi) is 24.1. The number of nitrogen functional groups attached to an aromatic ring is 9. The minimum absolute atomic E-state index is 0.00514. The Labute approximate surface area is 780 Å². The van der Waals surface area contributed by atoms with Gasteiger partial charge in [0.25, 0.3) is 5.91 Å². The van der Waals surface area contributed by atoms with Crippen LogP contribution in [0.5, 0.6) is 34.5 Å². The number of benzene rings is 15. The number of para-hydroxylation sites is 3. The fraction of sp³-hybridized carbons (Fsp3) is 0.00962. The summed E-state index contributed by atoms with van der Waals surface area (Å²) in [5.74, 6) is -5.80. The van der Waals surface area contributed by atoms with Gasteiger partial charge in [0.2, 0.25) is 0 Å². The third-order valence-corrected chi connectivity index (χ3v) is 23.9. The maximum absolute atomic E-state index is 13.4. The lowest BCUT2D eigenvalue weighted by molar-refractivity contribution is 0.0974. The average Bonchev–Trinajstić information content (AvgIpc) is 0.701. The van der Waals surface area contributed by atoms with Crippen molar-refractivity contribution in [2.75, 3.05) is 69.3 Å². The van der Waals surface area contributed by atoms with Gasteiger partial charge in [0.1, 0.15) is 28.7 Å². The van der Waals surface area contributed by atoms with Crippen LogP contribution in [0.3, 0.4) is 0 Å². The summed E-state index contributed by atoms with van der Waals surface area (Å²) in [4.78, 5) is 164. The molecule has 0 atom stereocenters. The van der Waals surface area contributed by atoms with Crippen LogP contribution in [0.15, 0.2) is 267 Å². The van der Waals surface area contributed by atoms with Crippen LogP contribution in [0.25, 0.3) is 0 Å². The van der Waals surface area contributed by atoms with Crippen LogP contribution < -0.4 is 77.4 Å². The van der Waals surface area contributed by atoms with E-state index in [1.165, 1.54) is 55.6 Å². The number of carbonyl (C=O) groups excluding carboxylic acids is 13. The maximum Gasteiger partial charge on any atom is 0.250 e. The molecule has 21 rings (SSSR count). The molecule has 25 N–H and O–H groups in total. The summed E-state index contributed by atoms with van der Waals surface area (Å²) in [6.07, 6.45) is 0. The number of hydrogen-bond acceptors (Lipinski definition) is 29. The minimum atomic E-state index is -0.885. The molecule has 30 nitrogen and oxygen atoms in total. The number of ketones is 12. The van der Waals surface area contributed by atoms with Gasteiger partial charge in [-0.15, -0.1) is 0 Å². The highest BCUT2D eigenvalue weighted by molar-refractivity contribution is 6.48. The number of anilines is 13. The number of phenolic OH excluding ortho intramolecular Hbond substituents is 3. The summed E-state index contributed by atoms with van der Waals surface area (Å²) < 4.78 is 10.7. The molecule has 0 radical (unpaired) electrons. The van der Waals surface area contributed by atoms with E-state index in [2.05, 4.69) is 10.6 Å². The Morgan fingerprint density at radius 2 is 0.500 bits per heavy atom. The first-order chi connectivity index (χ1) is 65.2. The molecule has 6 aliphatic carbocycles. The summed E-state index contributed by atoms with van der Waals surface area (Å²) in [5.41, 5.74) is 64.8. The molecule has 0 heterocycles. The monoisotopic (exact) mass is 1850 g/mol. The molecule has 0 aliphatic heterocycles. The number of amides is 1. The zero-order valence-electron chi connectivity index (χ0n) is 70.9. The highest BCUT2D eigenvalue weighted by atomic mass is 35.5. The standard InChI is InChI=1S/C26H18N2O2.C20H13NO4.C15H10N2O4.C15H11NO4.C14H8Cl2N2O2.C14H12N4O2/c29-25-19-13-7-8-14-20(19)26(30)24-22(28-18-11-5-2-6-12-18)16-15-21(23(24)25)27-17-9-3-1-4-10-17;21-18-15(25-11-6-2-1-3-7-11)10-14(22)16-17(18)20(24)13-9-5-4-8-12(13)19(16)23;16-12-8(15(17)21)5-9(18)10-11(12)14(20)7-4-2-1-3-6(7)13(10)19;1-20-10-6-9(17)11-12(13(10)16)15(19)8-5-3-2-4-7(8)14(11)18;15-9-10(16)12(18)8-7(11(9)17)13(19)5-3-1-2-4-6(5)14(8)20;15-5-1-2-6(16)10-9(5)13(19)11-7(17)3-4-8(18)12(11)14(10)20/h1-16,27-28H;1-10,22H,21H2;1-5,18H,16H2,(H2,17,21);2-6,17H,16H2,1H3;1-4H,17-18H2;1-4H,15-18H2. The number of rotatable bonds is 8. The normalized spacial score (nSPS) is 12.7. The lowest BCUT2D eigenvalue weighted by Crippen LogP contribution is -2.26. The number of fused-ring (bicyclic) bond motifs is 12. The lowest BCUT2D eigenvalue weighted by Gasteiger charge is -2.24. The second-order valence-corrected chi connectivity index (χ2v) is 31.7. The van der Waals surface area contributed by atoms with Gasteiger partial charge in [0, 0.05) is 102 Å². The van der Waals surface area contributed by atoms with Crippen LogP contribution in [0.4, 0.5) is 73.9 Å². The van der Waals surface area contributed by atoms with Crippen molar-refractivity contribution in [1.29, 1.82) is 0 Å². The van der Waals surface area contributed by atoms with Gasteiger partial charge in [-0.2, -0.15) is 0 Å². The number of primary amides is 1. The number of nitrogens with one attached hydrogen (secondary N) is 2. The highest BCUT2D eigenvalue weighted by Crippen LogP contribution is 2.49. The molecule has 0 saturated heterocycles. The molecular formula is C104H72Cl2N12O18. The topological polar surface area (TPSA) is 585 Å². The van der Waals surface area contributed by atoms with Crippen molar-refractivity contribution in [3.05, 3.63) is 416 Å². The van der Waals surface area contributed by atoms with Crippen molar-refractivity contribution in [2.45, 2.75) is 0 Å². The van der Waals surface area contributed by atoms with Crippen LogP contribution in [-0.4, -0.2) is 97.7 Å². The fourth-order valence-corrected chi connectivity index (χ4v) is 16.9. The molecule has 0 unspecified atom stereocenters. The molecule has 136 heavy (non-hydrogen) atoms. The first-order valence-corrected chi connectivity index (χ1v) is 41.7. The number of carbonyl (C=O) groups is 13. The number of nitrogens with two attached hydrogens (primary N) is 10. The number of hydrogen-bond donors (Lipinski definition) is 15. The first kappa shape index (κ1) is 90.5. The molecule has 0 fully saturated rings. The Morgan fingerprint density at radius 1 is 0.265 bits per heavy atom. The molecule has 15 aromatic carbocycles. The van der Waals surface area contributed by atoms with Crippen LogP contribution in [0.2, 0.25) is 10.0 Å². The quantitative estimate of drug-likeness (QED) is 0.0496. The number of phenols is 3. The smallest absolute Gasteiger partial charge is 0.250 e. The van der Waals surface area contributed by atoms with Crippen LogP contribution in [0, 0.1) is 0 Å². The first-order valence-electron chi connectivity index (χ1n) is 40.9. The van der Waals surface area contributed by atoms with Gasteiger partial charge in [0.05, 0.1) is 140 Å². The maximum atomic E-state index is 13.4. The van der Waals surface area contributed by atoms with Crippen molar-refractivity contribution in [1.82, 2.24) is 0 Å². The summed E-state index contributed by atoms with van der Waals surface area (Å²) in [5, 5.41) is 36.9. The molecule has 0 aromatic heterocycles. The van der Waals surface area contributed by atoms with E-state index in [0.29, 0.717) is 39.4 Å². The third kappa shape index (κ3) is 15.7. The van der Waals surface area contributed by atoms with Gasteiger partial charge in [-0.1, -0.05) is 199 Å². The Hall–Kier alpha value is -18.8. The molecule has 0 spiro atoms. The van der Waals surface area contributed by atoms with Gasteiger partial charge >= 0.3 is 0 Å². The van der Waals surface area contributed by atoms with Crippen molar-refractivity contribution >= 4 is 172 Å². The third-order valence-electron chi connectivity index (χ3n) is 23.0. The Morgan fingerprint density at radius 3 is 0.787 bits per heavy atom. The van der Waals surface area contributed by atoms with E-state index in [-0.39, 0.29) is 230 Å². The summed E-state index contributed by atoms with van der Waals surface area (Å²) >= 11 is 11.9. The molecule has 670 valence electrons. The van der Waals surface area contributed by atoms with Crippen LogP contribution in [0.1, 0.15) is 201 Å². The summed E-state index contributed by atoms with van der Waals surface area (Å²) in [6.45, 7) is 0. The summed E-state index contributed by atoms with van der Waals surface area (Å²) in [6, 6.07) is 73.9. The largest absolute Gasteiger partial charge is 0.507 e. The molecule has 32 heteroatoms. The highest BCUT2D eigenvalue weighted by Gasteiger charge is 2.42. The molecule has 1 amide bonds. The Bertz CT molecular complexity index is 7550. The van der Waals surface area contributed by atoms with E-state index < -0.39 is 52.1 Å². The number of ether oxygens (including phenoxy) is 2. The molecule has 6 aliphatic rings. The van der Waals surface area contributed by atoms with Crippen molar-refractivity contribution < 1.29 is 87.1 Å². The van der Waals surface area contributed by atoms with E-state index in [1.54, 1.807) is 133 Å². The van der Waals surface area contributed by atoms with Gasteiger partial charge < -0.3 is 92.8 Å². The van der Waals surface area contributed by atoms with Crippen molar-refractivity contribution in [3.63, 3.8) is 0 Å². The van der Waals surface area contributed by atoms with Gasteiger partial charge in [0.15, 0.2) is 75.1 Å². The van der Waals surface area contributed by atoms with Gasteiger partial charge in [-0.25, -0.2) is 0 Å². The predicted molar refractivity (Wildman–Crippen MR) is 514 cm³/mol. The van der Waals surface area contributed by atoms with Crippen LogP contribution in [-0.2, 0) is 0 Å². The summed E-state index contributed by atoms with van der Waals surface area (Å²) in [7, 11) is 1.38. The van der Waals surface area contributed by atoms with Gasteiger partial charge in [-0.05, 0) is 78.9 Å². The van der Waals surface area contributed by atoms with Crippen molar-refractivity contribution in [2.24, 2.45) is 5.73 Å². The number of methoxy groups -OCH3 is 1. The fourth-order valence-electron chi connectivity index (χ4n) is 16.5. The zero-order chi connectivity index (χ0) is 97.0. The number of halogens is 2. The molecular weight excluding hydrogens is 1780 g/mol. The molecule has 0 bridgehead atoms. The zero-order valence-corrected chi connectivity index (χ0v) is 72.4. The van der Waals surface area contributed by atoms with E-state index >= 15 is 0 Å². The second kappa shape index (κ2) is 36.3. The van der Waals surface area contributed by atoms with Crippen LogP contribution >= 0.6 is 23.2 Å². The van der Waals surface area contributed by atoms with Gasteiger partial charge in [-0.3, -0.25) is 62.3 Å². The second-order valence-electron chi connectivity index (χ2n) is 31.0.